The third kappa shape index (κ3) is 5.49. The Hall–Kier alpha value is -4.05. The number of amides is 2. The van der Waals surface area contributed by atoms with Crippen molar-refractivity contribution in [1.29, 1.82) is 0 Å². The van der Waals surface area contributed by atoms with Gasteiger partial charge in [0.1, 0.15) is 11.6 Å². The number of fused-ring (bicyclic) bond motifs is 2. The van der Waals surface area contributed by atoms with E-state index in [0.717, 1.165) is 54.1 Å². The Morgan fingerprint density at radius 3 is 2.70 bits per heavy atom. The quantitative estimate of drug-likeness (QED) is 0.403. The van der Waals surface area contributed by atoms with Crippen molar-refractivity contribution in [3.8, 4) is 17.2 Å². The molecular weight excluding hydrogens is 512 g/mol. The van der Waals surface area contributed by atoms with Crippen LogP contribution in [0.25, 0.3) is 10.9 Å². The Morgan fingerprint density at radius 1 is 1.05 bits per heavy atom. The highest BCUT2D eigenvalue weighted by atomic mass is 16.7. The smallest absolute Gasteiger partial charge is 0.254 e. The summed E-state index contributed by atoms with van der Waals surface area (Å²) in [6.07, 6.45) is 2.19. The minimum atomic E-state index is -0.103. The molecule has 0 unspecified atom stereocenters. The van der Waals surface area contributed by atoms with E-state index in [0.29, 0.717) is 62.8 Å². The molecule has 2 aromatic carbocycles. The standard InChI is InChI=1S/C30H34N4O6/c1-37-24-7-5-21-16-23(29(31-25(21)18-24)33-12-14-38-15-13-33)19-34(11-3-10-32-9-2-4-28(32)35)30(36)22-6-8-26-27(17-22)40-20-39-26/h5-8,16-18H,2-4,9-15,19-20H2,1H3. The Kier molecular flexibility index (Phi) is 7.59. The number of carbonyl (C=O) groups excluding carboxylic acids is 2. The number of pyridine rings is 1. The summed E-state index contributed by atoms with van der Waals surface area (Å²) in [7, 11) is 1.65. The number of ether oxygens (including phenoxy) is 4. The second-order valence-corrected chi connectivity index (χ2v) is 10.3. The molecular formula is C30H34N4O6. The van der Waals surface area contributed by atoms with Crippen molar-refractivity contribution in [1.82, 2.24) is 14.8 Å². The largest absolute Gasteiger partial charge is 0.497 e. The van der Waals surface area contributed by atoms with Crippen molar-refractivity contribution in [2.24, 2.45) is 0 Å². The van der Waals surface area contributed by atoms with Gasteiger partial charge in [-0.15, -0.1) is 0 Å². The number of likely N-dealkylation sites (tertiary alicyclic amines) is 1. The van der Waals surface area contributed by atoms with Gasteiger partial charge in [-0.25, -0.2) is 4.98 Å². The van der Waals surface area contributed by atoms with Crippen LogP contribution in [0.3, 0.4) is 0 Å². The second kappa shape index (κ2) is 11.6. The Morgan fingerprint density at radius 2 is 1.90 bits per heavy atom. The van der Waals surface area contributed by atoms with E-state index in [2.05, 4.69) is 11.0 Å². The van der Waals surface area contributed by atoms with Crippen molar-refractivity contribution in [2.75, 3.05) is 64.7 Å². The van der Waals surface area contributed by atoms with Crippen LogP contribution in [0.4, 0.5) is 5.82 Å². The first-order chi connectivity index (χ1) is 19.6. The summed E-state index contributed by atoms with van der Waals surface area (Å²) in [5.41, 5.74) is 2.34. The topological polar surface area (TPSA) is 93.7 Å². The molecule has 0 radical (unpaired) electrons. The third-order valence-electron chi connectivity index (χ3n) is 7.69. The number of hydrogen-bond acceptors (Lipinski definition) is 8. The monoisotopic (exact) mass is 546 g/mol. The molecule has 0 aliphatic carbocycles. The van der Waals surface area contributed by atoms with Gasteiger partial charge < -0.3 is 33.6 Å². The minimum absolute atomic E-state index is 0.103. The third-order valence-corrected chi connectivity index (χ3v) is 7.69. The maximum Gasteiger partial charge on any atom is 0.254 e. The lowest BCUT2D eigenvalue weighted by Gasteiger charge is -2.31. The molecule has 3 aromatic rings. The predicted octanol–water partition coefficient (Wildman–Crippen LogP) is 3.46. The molecule has 40 heavy (non-hydrogen) atoms. The molecule has 0 saturated carbocycles. The lowest BCUT2D eigenvalue weighted by molar-refractivity contribution is -0.127. The molecule has 1 aromatic heterocycles. The van der Waals surface area contributed by atoms with E-state index in [9.17, 15) is 9.59 Å². The average molecular weight is 547 g/mol. The molecule has 6 rings (SSSR count). The molecule has 3 aliphatic heterocycles. The number of nitrogens with zero attached hydrogens (tertiary/aromatic N) is 4. The first-order valence-corrected chi connectivity index (χ1v) is 13.9. The molecule has 0 N–H and O–H groups in total. The predicted molar refractivity (Wildman–Crippen MR) is 149 cm³/mol. The van der Waals surface area contributed by atoms with Gasteiger partial charge in [-0.3, -0.25) is 9.59 Å². The summed E-state index contributed by atoms with van der Waals surface area (Å²) >= 11 is 0. The molecule has 4 heterocycles. The summed E-state index contributed by atoms with van der Waals surface area (Å²) in [6, 6.07) is 13.3. The van der Waals surface area contributed by atoms with Crippen molar-refractivity contribution < 1.29 is 28.5 Å². The van der Waals surface area contributed by atoms with Gasteiger partial charge in [0.25, 0.3) is 5.91 Å². The number of benzene rings is 2. The van der Waals surface area contributed by atoms with Gasteiger partial charge in [0.05, 0.1) is 25.8 Å². The lowest BCUT2D eigenvalue weighted by atomic mass is 10.1. The van der Waals surface area contributed by atoms with Crippen LogP contribution < -0.4 is 19.1 Å². The summed E-state index contributed by atoms with van der Waals surface area (Å²) < 4.78 is 22.0. The summed E-state index contributed by atoms with van der Waals surface area (Å²) in [5, 5.41) is 0.978. The highest BCUT2D eigenvalue weighted by Crippen LogP contribution is 2.34. The number of aromatic nitrogens is 1. The number of morpholine rings is 1. The van der Waals surface area contributed by atoms with Gasteiger partial charge in [0, 0.05) is 68.3 Å². The number of methoxy groups -OCH3 is 1. The number of carbonyl (C=O) groups is 2. The van der Waals surface area contributed by atoms with Gasteiger partial charge >= 0.3 is 0 Å². The number of hydrogen-bond donors (Lipinski definition) is 0. The lowest BCUT2D eigenvalue weighted by Crippen LogP contribution is -2.39. The van der Waals surface area contributed by atoms with Crippen LogP contribution in [0.1, 0.15) is 35.2 Å². The molecule has 10 heteroatoms. The second-order valence-electron chi connectivity index (χ2n) is 10.3. The van der Waals surface area contributed by atoms with Crippen LogP contribution in [0.2, 0.25) is 0 Å². The average Bonchev–Trinajstić information content (AvgIpc) is 3.64. The SMILES string of the molecule is COc1ccc2cc(CN(CCCN3CCCC3=O)C(=O)c3ccc4c(c3)OCO4)c(N3CCOCC3)nc2c1. The van der Waals surface area contributed by atoms with E-state index in [1.165, 1.54) is 0 Å². The van der Waals surface area contributed by atoms with Crippen LogP contribution in [0, 0.1) is 0 Å². The molecule has 3 aliphatic rings. The van der Waals surface area contributed by atoms with E-state index < -0.39 is 0 Å². The van der Waals surface area contributed by atoms with Gasteiger partial charge in [0.15, 0.2) is 11.5 Å². The Labute approximate surface area is 233 Å². The van der Waals surface area contributed by atoms with Gasteiger partial charge in [-0.2, -0.15) is 0 Å². The Balaban J connectivity index is 1.32. The number of anilines is 1. The zero-order chi connectivity index (χ0) is 27.5. The minimum Gasteiger partial charge on any atom is -0.497 e. The van der Waals surface area contributed by atoms with Crippen molar-refractivity contribution in [3.05, 3.63) is 53.6 Å². The molecule has 0 atom stereocenters. The fourth-order valence-corrected chi connectivity index (χ4v) is 5.54. The number of rotatable bonds is 9. The highest BCUT2D eigenvalue weighted by Gasteiger charge is 2.25. The van der Waals surface area contributed by atoms with Crippen LogP contribution in [-0.4, -0.2) is 86.4 Å². The first kappa shape index (κ1) is 26.2. The van der Waals surface area contributed by atoms with Crippen LogP contribution >= 0.6 is 0 Å². The van der Waals surface area contributed by atoms with E-state index in [-0.39, 0.29) is 18.6 Å². The fraction of sp³-hybridized carbons (Fsp3) is 0.433. The maximum absolute atomic E-state index is 14.0. The van der Waals surface area contributed by atoms with E-state index in [1.54, 1.807) is 25.3 Å². The fourth-order valence-electron chi connectivity index (χ4n) is 5.54. The van der Waals surface area contributed by atoms with E-state index >= 15 is 0 Å². The van der Waals surface area contributed by atoms with Gasteiger partial charge in [-0.1, -0.05) is 0 Å². The summed E-state index contributed by atoms with van der Waals surface area (Å²) in [6.45, 7) is 5.15. The molecule has 0 bridgehead atoms. The molecule has 10 nitrogen and oxygen atoms in total. The van der Waals surface area contributed by atoms with Gasteiger partial charge in [-0.05, 0) is 49.2 Å². The molecule has 2 amide bonds. The molecule has 0 spiro atoms. The first-order valence-electron chi connectivity index (χ1n) is 13.9. The normalized spacial score (nSPS) is 16.6. The van der Waals surface area contributed by atoms with Crippen molar-refractivity contribution in [2.45, 2.75) is 25.8 Å². The van der Waals surface area contributed by atoms with Crippen LogP contribution in [0.15, 0.2) is 42.5 Å². The van der Waals surface area contributed by atoms with Crippen molar-refractivity contribution in [3.63, 3.8) is 0 Å². The van der Waals surface area contributed by atoms with Crippen LogP contribution in [-0.2, 0) is 16.1 Å². The van der Waals surface area contributed by atoms with Crippen molar-refractivity contribution >= 4 is 28.5 Å². The molecule has 210 valence electrons. The van der Waals surface area contributed by atoms with Gasteiger partial charge in [0.2, 0.25) is 12.7 Å². The van der Waals surface area contributed by atoms with E-state index in [4.69, 9.17) is 23.9 Å². The van der Waals surface area contributed by atoms with Crippen LogP contribution in [0.5, 0.6) is 17.2 Å². The highest BCUT2D eigenvalue weighted by molar-refractivity contribution is 5.95. The summed E-state index contributed by atoms with van der Waals surface area (Å²) in [5.74, 6) is 2.90. The molecule has 2 fully saturated rings. The zero-order valence-electron chi connectivity index (χ0n) is 22.8. The Bertz CT molecular complexity index is 1410. The zero-order valence-corrected chi connectivity index (χ0v) is 22.8. The maximum atomic E-state index is 14.0. The van der Waals surface area contributed by atoms with E-state index in [1.807, 2.05) is 28.0 Å². The summed E-state index contributed by atoms with van der Waals surface area (Å²) in [4.78, 5) is 37.2. The molecule has 2 saturated heterocycles.